The molecule has 2 aromatic rings. The number of carbonyl (C=O) groups excluding carboxylic acids is 2. The Kier molecular flexibility index (Phi) is 7.30. The molecule has 1 atom stereocenters. The lowest BCUT2D eigenvalue weighted by atomic mass is 9.77. The van der Waals surface area contributed by atoms with Crippen LogP contribution in [0.4, 0.5) is 0 Å². The predicted octanol–water partition coefficient (Wildman–Crippen LogP) is 4.40. The average molecular weight is 481 g/mol. The summed E-state index contributed by atoms with van der Waals surface area (Å²) >= 11 is 1.73. The summed E-state index contributed by atoms with van der Waals surface area (Å²) in [5.74, 6) is 0.760. The summed E-state index contributed by atoms with van der Waals surface area (Å²) in [6.07, 6.45) is 11.8. The zero-order chi connectivity index (χ0) is 23.4. The highest BCUT2D eigenvalue weighted by molar-refractivity contribution is 7.10. The zero-order valence-electron chi connectivity index (χ0n) is 20.0. The molecule has 0 bridgehead atoms. The lowest BCUT2D eigenvalue weighted by Gasteiger charge is -2.38. The number of piperidine rings is 1. The van der Waals surface area contributed by atoms with Crippen molar-refractivity contribution < 1.29 is 9.59 Å². The molecular weight excluding hydrogens is 444 g/mol. The topological polar surface area (TPSA) is 65.5 Å². The van der Waals surface area contributed by atoms with Crippen LogP contribution in [-0.4, -0.2) is 52.8 Å². The molecule has 3 fully saturated rings. The van der Waals surface area contributed by atoms with Crippen LogP contribution in [0.15, 0.2) is 42.0 Å². The molecule has 4 heterocycles. The zero-order valence-corrected chi connectivity index (χ0v) is 20.8. The van der Waals surface area contributed by atoms with Crippen molar-refractivity contribution in [1.29, 1.82) is 0 Å². The molecule has 6 nitrogen and oxygen atoms in total. The van der Waals surface area contributed by atoms with E-state index >= 15 is 0 Å². The Morgan fingerprint density at radius 2 is 1.94 bits per heavy atom. The molecule has 1 aliphatic carbocycles. The molecule has 2 aliphatic heterocycles. The summed E-state index contributed by atoms with van der Waals surface area (Å²) in [5, 5.41) is 5.46. The number of nitrogens with one attached hydrogen (secondary N) is 1. The fourth-order valence-electron chi connectivity index (χ4n) is 5.99. The highest BCUT2D eigenvalue weighted by Gasteiger charge is 2.47. The van der Waals surface area contributed by atoms with E-state index in [-0.39, 0.29) is 23.3 Å². The summed E-state index contributed by atoms with van der Waals surface area (Å²) < 4.78 is 0. The smallest absolute Gasteiger partial charge is 0.229 e. The second-order valence-corrected chi connectivity index (χ2v) is 11.3. The highest BCUT2D eigenvalue weighted by Crippen LogP contribution is 2.42. The van der Waals surface area contributed by atoms with Gasteiger partial charge in [-0.2, -0.15) is 0 Å². The Hall–Kier alpha value is -2.25. The van der Waals surface area contributed by atoms with Crippen molar-refractivity contribution >= 4 is 23.2 Å². The first-order valence-corrected chi connectivity index (χ1v) is 13.8. The minimum absolute atomic E-state index is 0.0899. The third-order valence-electron chi connectivity index (χ3n) is 8.17. The van der Waals surface area contributed by atoms with Gasteiger partial charge in [0.05, 0.1) is 11.5 Å². The monoisotopic (exact) mass is 480 g/mol. The molecule has 34 heavy (non-hydrogen) atoms. The lowest BCUT2D eigenvalue weighted by molar-refractivity contribution is -0.139. The van der Waals surface area contributed by atoms with Crippen LogP contribution < -0.4 is 5.32 Å². The standard InChI is InChI=1S/C27H36N4O2S/c32-25(22-6-1-2-7-22)29-23(24-8-4-18-34-24)9-14-30-15-10-27(11-16-30)12-17-31(26(27)33)20-21-5-3-13-28-19-21/h3-5,8,13,18-19,22-23H,1-2,6-7,9-12,14-17,20H2,(H,29,32). The summed E-state index contributed by atoms with van der Waals surface area (Å²) in [5.41, 5.74) is 0.923. The Bertz CT molecular complexity index is 950. The van der Waals surface area contributed by atoms with Gasteiger partial charge in [0, 0.05) is 42.8 Å². The van der Waals surface area contributed by atoms with Crippen LogP contribution in [0.2, 0.25) is 0 Å². The van der Waals surface area contributed by atoms with Crippen LogP contribution in [0.1, 0.15) is 67.8 Å². The van der Waals surface area contributed by atoms with Crippen molar-refractivity contribution in [1.82, 2.24) is 20.1 Å². The lowest BCUT2D eigenvalue weighted by Crippen LogP contribution is -2.45. The number of nitrogens with zero attached hydrogens (tertiary/aromatic N) is 3. The van der Waals surface area contributed by atoms with Crippen LogP contribution in [0.5, 0.6) is 0 Å². The number of amides is 2. The Morgan fingerprint density at radius 3 is 2.65 bits per heavy atom. The third-order valence-corrected chi connectivity index (χ3v) is 9.16. The van der Waals surface area contributed by atoms with Crippen LogP contribution in [0, 0.1) is 11.3 Å². The summed E-state index contributed by atoms with van der Waals surface area (Å²) in [7, 11) is 0. The quantitative estimate of drug-likeness (QED) is 0.608. The van der Waals surface area contributed by atoms with Gasteiger partial charge in [-0.15, -0.1) is 11.3 Å². The van der Waals surface area contributed by atoms with Crippen LogP contribution in [0.25, 0.3) is 0 Å². The van der Waals surface area contributed by atoms with E-state index < -0.39 is 0 Å². The van der Waals surface area contributed by atoms with E-state index in [1.54, 1.807) is 17.5 Å². The SMILES string of the molecule is O=C(NC(CCN1CCC2(CC1)CCN(Cc1cccnc1)C2=O)c1cccs1)C1CCCC1. The average Bonchev–Trinajstić information content (AvgIpc) is 3.64. The molecule has 0 aromatic carbocycles. The number of pyridine rings is 1. The molecule has 1 N–H and O–H groups in total. The molecule has 182 valence electrons. The Labute approximate surface area is 206 Å². The fourth-order valence-corrected chi connectivity index (χ4v) is 6.80. The van der Waals surface area contributed by atoms with Crippen LogP contribution >= 0.6 is 11.3 Å². The maximum atomic E-state index is 13.3. The molecule has 0 radical (unpaired) electrons. The number of aromatic nitrogens is 1. The number of rotatable bonds is 8. The minimum atomic E-state index is -0.178. The number of likely N-dealkylation sites (tertiary alicyclic amines) is 2. The van der Waals surface area contributed by atoms with E-state index in [1.165, 1.54) is 17.7 Å². The van der Waals surface area contributed by atoms with E-state index in [0.717, 1.165) is 70.3 Å². The van der Waals surface area contributed by atoms with E-state index in [9.17, 15) is 9.59 Å². The van der Waals surface area contributed by atoms with Gasteiger partial charge in [0.1, 0.15) is 0 Å². The fraction of sp³-hybridized carbons (Fsp3) is 0.593. The van der Waals surface area contributed by atoms with Gasteiger partial charge >= 0.3 is 0 Å². The summed E-state index contributed by atoms with van der Waals surface area (Å²) in [6.45, 7) is 4.39. The van der Waals surface area contributed by atoms with Crippen molar-refractivity contribution in [2.75, 3.05) is 26.2 Å². The largest absolute Gasteiger partial charge is 0.348 e. The predicted molar refractivity (Wildman–Crippen MR) is 134 cm³/mol. The van der Waals surface area contributed by atoms with Gasteiger partial charge in [0.25, 0.3) is 0 Å². The minimum Gasteiger partial charge on any atom is -0.348 e. The van der Waals surface area contributed by atoms with Gasteiger partial charge in [0.15, 0.2) is 0 Å². The molecule has 1 unspecified atom stereocenters. The number of carbonyl (C=O) groups is 2. The molecule has 2 amide bonds. The first-order chi connectivity index (χ1) is 16.6. The second-order valence-electron chi connectivity index (χ2n) is 10.3. The van der Waals surface area contributed by atoms with Crippen LogP contribution in [0.3, 0.4) is 0 Å². The molecular formula is C27H36N4O2S. The van der Waals surface area contributed by atoms with Gasteiger partial charge in [-0.3, -0.25) is 14.6 Å². The second kappa shape index (κ2) is 10.6. The molecule has 2 saturated heterocycles. The van der Waals surface area contributed by atoms with Gasteiger partial charge in [0.2, 0.25) is 11.8 Å². The molecule has 2 aromatic heterocycles. The maximum absolute atomic E-state index is 13.3. The van der Waals surface area contributed by atoms with Crippen LogP contribution in [-0.2, 0) is 16.1 Å². The molecule has 1 spiro atoms. The Morgan fingerprint density at radius 1 is 1.15 bits per heavy atom. The molecule has 5 rings (SSSR count). The van der Waals surface area contributed by atoms with Gasteiger partial charge < -0.3 is 15.1 Å². The summed E-state index contributed by atoms with van der Waals surface area (Å²) in [4.78, 5) is 36.1. The van der Waals surface area contributed by atoms with Crippen molar-refractivity contribution in [3.8, 4) is 0 Å². The number of hydrogen-bond acceptors (Lipinski definition) is 5. The first kappa shape index (κ1) is 23.5. The molecule has 1 saturated carbocycles. The first-order valence-electron chi connectivity index (χ1n) is 12.9. The molecule has 7 heteroatoms. The Balaban J connectivity index is 1.13. The van der Waals surface area contributed by atoms with Gasteiger partial charge in [-0.25, -0.2) is 0 Å². The van der Waals surface area contributed by atoms with Gasteiger partial charge in [-0.1, -0.05) is 25.0 Å². The molecule has 3 aliphatic rings. The highest BCUT2D eigenvalue weighted by atomic mass is 32.1. The van der Waals surface area contributed by atoms with Crippen molar-refractivity contribution in [3.63, 3.8) is 0 Å². The normalized spacial score (nSPS) is 21.9. The van der Waals surface area contributed by atoms with Crippen molar-refractivity contribution in [2.24, 2.45) is 11.3 Å². The van der Waals surface area contributed by atoms with Gasteiger partial charge in [-0.05, 0) is 74.7 Å². The van der Waals surface area contributed by atoms with E-state index in [4.69, 9.17) is 0 Å². The van der Waals surface area contributed by atoms with Crippen molar-refractivity contribution in [3.05, 3.63) is 52.5 Å². The van der Waals surface area contributed by atoms with E-state index in [1.807, 2.05) is 23.2 Å². The third kappa shape index (κ3) is 5.20. The van der Waals surface area contributed by atoms with E-state index in [0.29, 0.717) is 12.5 Å². The van der Waals surface area contributed by atoms with E-state index in [2.05, 4.69) is 32.7 Å². The number of thiophene rings is 1. The maximum Gasteiger partial charge on any atom is 0.229 e. The number of hydrogen-bond donors (Lipinski definition) is 1. The van der Waals surface area contributed by atoms with Crippen molar-refractivity contribution in [2.45, 2.75) is 64.0 Å². The summed E-state index contributed by atoms with van der Waals surface area (Å²) in [6, 6.07) is 8.28.